The van der Waals surface area contributed by atoms with Crippen LogP contribution < -0.4 is 0 Å². The van der Waals surface area contributed by atoms with Crippen molar-refractivity contribution >= 4 is 35.3 Å². The number of hydrogen-bond donors (Lipinski definition) is 0. The van der Waals surface area contributed by atoms with Gasteiger partial charge < -0.3 is 19.3 Å². The average Bonchev–Trinajstić information content (AvgIpc) is 3.16. The molecule has 2 fully saturated rings. The molecule has 2 heterocycles. The number of nitrogens with zero attached hydrogens (tertiary/aromatic N) is 2. The zero-order chi connectivity index (χ0) is 22.3. The molecule has 0 aliphatic carbocycles. The summed E-state index contributed by atoms with van der Waals surface area (Å²) in [6.45, 7) is 4.43. The van der Waals surface area contributed by atoms with Gasteiger partial charge in [0.25, 0.3) is 11.8 Å². The predicted molar refractivity (Wildman–Crippen MR) is 102 cm³/mol. The topological polar surface area (TPSA) is 127 Å². The summed E-state index contributed by atoms with van der Waals surface area (Å²) in [4.78, 5) is 73.9. The molecule has 10 heteroatoms. The normalized spacial score (nSPS) is 21.5. The molecule has 0 aromatic rings. The first-order chi connectivity index (χ1) is 14.3. The molecule has 0 unspecified atom stereocenters. The Morgan fingerprint density at radius 1 is 0.733 bits per heavy atom. The highest BCUT2D eigenvalue weighted by molar-refractivity contribution is 6.42. The van der Waals surface area contributed by atoms with Crippen molar-refractivity contribution in [3.63, 3.8) is 0 Å². The van der Waals surface area contributed by atoms with E-state index in [2.05, 4.69) is 0 Å². The third-order valence-corrected chi connectivity index (χ3v) is 5.18. The monoisotopic (exact) mass is 424 g/mol. The summed E-state index contributed by atoms with van der Waals surface area (Å²) in [6.07, 6.45) is 2.79. The van der Waals surface area contributed by atoms with Crippen LogP contribution in [0.1, 0.15) is 39.5 Å². The van der Waals surface area contributed by atoms with Crippen LogP contribution in [0.4, 0.5) is 0 Å². The van der Waals surface area contributed by atoms with Crippen LogP contribution in [0.5, 0.6) is 0 Å². The molecule has 0 N–H and O–H groups in total. The summed E-state index contributed by atoms with van der Waals surface area (Å²) >= 11 is 0. The fraction of sp³-hybridized carbons (Fsp3) is 0.700. The highest BCUT2D eigenvalue weighted by atomic mass is 16.5. The fourth-order valence-corrected chi connectivity index (χ4v) is 3.58. The Labute approximate surface area is 174 Å². The van der Waals surface area contributed by atoms with E-state index in [0.717, 1.165) is 12.8 Å². The van der Waals surface area contributed by atoms with E-state index in [0.29, 0.717) is 25.9 Å². The van der Waals surface area contributed by atoms with Crippen LogP contribution in [0.2, 0.25) is 0 Å². The number of hydrogen-bond acceptors (Lipinski definition) is 8. The van der Waals surface area contributed by atoms with Crippen LogP contribution in [0.25, 0.3) is 0 Å². The van der Waals surface area contributed by atoms with E-state index in [1.54, 1.807) is 13.8 Å². The Bertz CT molecular complexity index is 660. The zero-order valence-electron chi connectivity index (χ0n) is 17.4. The number of ketones is 2. The maximum Gasteiger partial charge on any atom is 0.318 e. The molecule has 166 valence electrons. The molecule has 2 rings (SSSR count). The standard InChI is InChI=1S/C20H28N2O8/c1-3-29-19(27)13-11-21(17(25)15(13)23)9-7-5-6-8-10-22-12-14(16(24)18(22)26)20(28)30-4-2/h13-14H,3-12H2,1-2H3/t13-,14-/m0/s1. The summed E-state index contributed by atoms with van der Waals surface area (Å²) in [5.41, 5.74) is 0. The molecule has 30 heavy (non-hydrogen) atoms. The molecule has 2 atom stereocenters. The van der Waals surface area contributed by atoms with Crippen LogP contribution >= 0.6 is 0 Å². The number of carbonyl (C=O) groups is 6. The maximum atomic E-state index is 12.0. The molecule has 0 aromatic carbocycles. The van der Waals surface area contributed by atoms with E-state index >= 15 is 0 Å². The minimum Gasteiger partial charge on any atom is -0.465 e. The van der Waals surface area contributed by atoms with Crippen molar-refractivity contribution in [3.8, 4) is 0 Å². The molecule has 2 saturated heterocycles. The van der Waals surface area contributed by atoms with Gasteiger partial charge in [0.2, 0.25) is 11.6 Å². The van der Waals surface area contributed by atoms with Gasteiger partial charge in [0.15, 0.2) is 0 Å². The summed E-state index contributed by atoms with van der Waals surface area (Å²) in [6, 6.07) is 0. The van der Waals surface area contributed by atoms with Crippen molar-refractivity contribution in [2.45, 2.75) is 39.5 Å². The van der Waals surface area contributed by atoms with Gasteiger partial charge in [0.05, 0.1) is 13.2 Å². The second kappa shape index (κ2) is 10.8. The van der Waals surface area contributed by atoms with E-state index in [4.69, 9.17) is 9.47 Å². The first-order valence-electron chi connectivity index (χ1n) is 10.3. The molecule has 0 radical (unpaired) electrons. The van der Waals surface area contributed by atoms with E-state index in [9.17, 15) is 28.8 Å². The molecule has 0 aromatic heterocycles. The lowest BCUT2D eigenvalue weighted by molar-refractivity contribution is -0.152. The highest BCUT2D eigenvalue weighted by Gasteiger charge is 2.44. The quantitative estimate of drug-likeness (QED) is 0.192. The first kappa shape index (κ1) is 23.5. The van der Waals surface area contributed by atoms with Crippen LogP contribution in [0, 0.1) is 11.8 Å². The lowest BCUT2D eigenvalue weighted by Crippen LogP contribution is -2.29. The maximum absolute atomic E-state index is 12.0. The van der Waals surface area contributed by atoms with Crippen molar-refractivity contribution in [2.24, 2.45) is 11.8 Å². The molecule has 2 aliphatic rings. The number of likely N-dealkylation sites (tertiary alicyclic amines) is 2. The Balaban J connectivity index is 1.67. The average molecular weight is 424 g/mol. The van der Waals surface area contributed by atoms with Gasteiger partial charge >= 0.3 is 11.9 Å². The lowest BCUT2D eigenvalue weighted by Gasteiger charge is -2.16. The number of amides is 2. The van der Waals surface area contributed by atoms with Crippen molar-refractivity contribution in [1.82, 2.24) is 9.80 Å². The van der Waals surface area contributed by atoms with Gasteiger partial charge in [-0.15, -0.1) is 0 Å². The second-order valence-electron chi connectivity index (χ2n) is 7.25. The van der Waals surface area contributed by atoms with Gasteiger partial charge in [-0.3, -0.25) is 28.8 Å². The molecular weight excluding hydrogens is 396 g/mol. The number of esters is 2. The number of carbonyl (C=O) groups excluding carboxylic acids is 6. The minimum absolute atomic E-state index is 0.0517. The number of Topliss-reactive ketones (excluding diaryl/α,β-unsaturated/α-hetero) is 2. The molecule has 0 spiro atoms. The van der Waals surface area contributed by atoms with Gasteiger partial charge in [0, 0.05) is 26.2 Å². The van der Waals surface area contributed by atoms with Crippen molar-refractivity contribution < 1.29 is 38.2 Å². The number of rotatable bonds is 11. The smallest absolute Gasteiger partial charge is 0.318 e. The molecule has 2 aliphatic heterocycles. The third kappa shape index (κ3) is 5.43. The minimum atomic E-state index is -1.04. The van der Waals surface area contributed by atoms with Crippen LogP contribution in [0.15, 0.2) is 0 Å². The second-order valence-corrected chi connectivity index (χ2v) is 7.25. The van der Waals surface area contributed by atoms with E-state index in [1.165, 1.54) is 9.80 Å². The van der Waals surface area contributed by atoms with Gasteiger partial charge in [-0.05, 0) is 26.7 Å². The van der Waals surface area contributed by atoms with Crippen LogP contribution in [0.3, 0.4) is 0 Å². The van der Waals surface area contributed by atoms with Gasteiger partial charge in [0.1, 0.15) is 11.8 Å². The van der Waals surface area contributed by atoms with Crippen molar-refractivity contribution in [2.75, 3.05) is 39.4 Å². The summed E-state index contributed by atoms with van der Waals surface area (Å²) in [5, 5.41) is 0. The van der Waals surface area contributed by atoms with Gasteiger partial charge in [-0.2, -0.15) is 0 Å². The van der Waals surface area contributed by atoms with Gasteiger partial charge in [-0.25, -0.2) is 0 Å². The Hall–Kier alpha value is -2.78. The Morgan fingerprint density at radius 3 is 1.43 bits per heavy atom. The largest absolute Gasteiger partial charge is 0.465 e. The van der Waals surface area contributed by atoms with Gasteiger partial charge in [-0.1, -0.05) is 12.8 Å². The predicted octanol–water partition coefficient (Wildman–Crippen LogP) is -0.272. The SMILES string of the molecule is CCOC(=O)[C@H]1CN(CCCCCCN2C[C@H](C(=O)OCC)C(=O)C2=O)C(=O)C1=O. The third-order valence-electron chi connectivity index (χ3n) is 5.18. The fourth-order valence-electron chi connectivity index (χ4n) is 3.58. The Kier molecular flexibility index (Phi) is 8.49. The Morgan fingerprint density at radius 2 is 1.10 bits per heavy atom. The molecule has 10 nitrogen and oxygen atoms in total. The number of unbranched alkanes of at least 4 members (excludes halogenated alkanes) is 3. The molecule has 0 saturated carbocycles. The highest BCUT2D eigenvalue weighted by Crippen LogP contribution is 2.19. The molecule has 2 amide bonds. The van der Waals surface area contributed by atoms with E-state index in [1.807, 2.05) is 0 Å². The number of ether oxygens (including phenoxy) is 2. The van der Waals surface area contributed by atoms with Crippen molar-refractivity contribution in [1.29, 1.82) is 0 Å². The van der Waals surface area contributed by atoms with Crippen molar-refractivity contribution in [3.05, 3.63) is 0 Å². The first-order valence-corrected chi connectivity index (χ1v) is 10.3. The van der Waals surface area contributed by atoms with Crippen LogP contribution in [-0.2, 0) is 38.2 Å². The molecular formula is C20H28N2O8. The van der Waals surface area contributed by atoms with E-state index in [-0.39, 0.29) is 26.3 Å². The summed E-state index contributed by atoms with van der Waals surface area (Å²) < 4.78 is 9.66. The van der Waals surface area contributed by atoms with E-state index < -0.39 is 47.2 Å². The molecule has 0 bridgehead atoms. The summed E-state index contributed by atoms with van der Waals surface area (Å²) in [5.74, 6) is -6.15. The zero-order valence-corrected chi connectivity index (χ0v) is 17.4. The lowest BCUT2D eigenvalue weighted by atomic mass is 10.1. The summed E-state index contributed by atoms with van der Waals surface area (Å²) in [7, 11) is 0. The van der Waals surface area contributed by atoms with Crippen LogP contribution in [-0.4, -0.2) is 84.5 Å².